The van der Waals surface area contributed by atoms with Crippen LogP contribution in [0.4, 0.5) is 0 Å². The molecule has 0 radical (unpaired) electrons. The summed E-state index contributed by atoms with van der Waals surface area (Å²) in [5.41, 5.74) is 6.85. The predicted molar refractivity (Wildman–Crippen MR) is 75.2 cm³/mol. The molecule has 0 saturated carbocycles. The molecule has 19 heavy (non-hydrogen) atoms. The van der Waals surface area contributed by atoms with Gasteiger partial charge in [-0.2, -0.15) is 0 Å². The lowest BCUT2D eigenvalue weighted by molar-refractivity contribution is 0.450. The number of rotatable bonds is 4. The van der Waals surface area contributed by atoms with Gasteiger partial charge in [0.05, 0.1) is 17.3 Å². The van der Waals surface area contributed by atoms with Crippen molar-refractivity contribution in [2.75, 3.05) is 0 Å². The Labute approximate surface area is 115 Å². The third-order valence-electron chi connectivity index (χ3n) is 3.16. The molecule has 98 valence electrons. The maximum atomic E-state index is 6.15. The SMILES string of the molecule is NC(CCc1ccco1)c1cc2cccc(Cl)c2o1. The Balaban J connectivity index is 1.77. The Kier molecular flexibility index (Phi) is 3.32. The molecule has 3 rings (SSSR count). The molecular weight excluding hydrogens is 262 g/mol. The van der Waals surface area contributed by atoms with E-state index in [9.17, 15) is 0 Å². The summed E-state index contributed by atoms with van der Waals surface area (Å²) >= 11 is 6.08. The molecule has 0 spiro atoms. The normalized spacial score (nSPS) is 12.9. The maximum Gasteiger partial charge on any atom is 0.152 e. The molecule has 0 aliphatic rings. The molecule has 0 aliphatic carbocycles. The molecule has 4 heteroatoms. The molecule has 2 aromatic heterocycles. The second kappa shape index (κ2) is 5.11. The van der Waals surface area contributed by atoms with Gasteiger partial charge < -0.3 is 14.6 Å². The predicted octanol–water partition coefficient (Wildman–Crippen LogP) is 4.31. The van der Waals surface area contributed by atoms with Crippen molar-refractivity contribution in [2.24, 2.45) is 5.73 Å². The number of halogens is 1. The van der Waals surface area contributed by atoms with Crippen molar-refractivity contribution in [3.05, 3.63) is 59.2 Å². The second-order valence-corrected chi connectivity index (χ2v) is 4.94. The molecule has 1 atom stereocenters. The fourth-order valence-electron chi connectivity index (χ4n) is 2.13. The van der Waals surface area contributed by atoms with Crippen LogP contribution in [0.5, 0.6) is 0 Å². The van der Waals surface area contributed by atoms with Crippen molar-refractivity contribution in [3.63, 3.8) is 0 Å². The summed E-state index contributed by atoms with van der Waals surface area (Å²) in [4.78, 5) is 0. The minimum absolute atomic E-state index is 0.159. The lowest BCUT2D eigenvalue weighted by Gasteiger charge is -2.06. The van der Waals surface area contributed by atoms with Crippen LogP contribution in [0.15, 0.2) is 51.5 Å². The van der Waals surface area contributed by atoms with E-state index in [1.807, 2.05) is 36.4 Å². The van der Waals surface area contributed by atoms with Gasteiger partial charge in [-0.15, -0.1) is 0 Å². The van der Waals surface area contributed by atoms with Crippen molar-refractivity contribution in [3.8, 4) is 0 Å². The Morgan fingerprint density at radius 3 is 2.84 bits per heavy atom. The standard InChI is InChI=1S/C15H14ClNO2/c16-12-5-1-3-10-9-14(19-15(10)12)13(17)7-6-11-4-2-8-18-11/h1-5,8-9,13H,6-7,17H2. The number of fused-ring (bicyclic) bond motifs is 1. The number of hydrogen-bond acceptors (Lipinski definition) is 3. The van der Waals surface area contributed by atoms with E-state index in [4.69, 9.17) is 26.2 Å². The van der Waals surface area contributed by atoms with E-state index in [2.05, 4.69) is 0 Å². The Hall–Kier alpha value is -1.71. The first-order valence-electron chi connectivity index (χ1n) is 6.20. The van der Waals surface area contributed by atoms with Gasteiger partial charge >= 0.3 is 0 Å². The van der Waals surface area contributed by atoms with E-state index < -0.39 is 0 Å². The fraction of sp³-hybridized carbons (Fsp3) is 0.200. The van der Waals surface area contributed by atoms with Crippen molar-refractivity contribution in [1.82, 2.24) is 0 Å². The molecule has 0 amide bonds. The lowest BCUT2D eigenvalue weighted by Crippen LogP contribution is -2.10. The second-order valence-electron chi connectivity index (χ2n) is 4.53. The van der Waals surface area contributed by atoms with Gasteiger partial charge in [0.15, 0.2) is 5.58 Å². The quantitative estimate of drug-likeness (QED) is 0.772. The van der Waals surface area contributed by atoms with Crippen LogP contribution in [-0.2, 0) is 6.42 Å². The maximum absolute atomic E-state index is 6.15. The summed E-state index contributed by atoms with van der Waals surface area (Å²) < 4.78 is 11.0. The number of benzene rings is 1. The summed E-state index contributed by atoms with van der Waals surface area (Å²) in [7, 11) is 0. The van der Waals surface area contributed by atoms with Gasteiger partial charge in [-0.1, -0.05) is 23.7 Å². The molecule has 2 N–H and O–H groups in total. The highest BCUT2D eigenvalue weighted by Gasteiger charge is 2.14. The molecule has 0 bridgehead atoms. The number of nitrogens with two attached hydrogens (primary N) is 1. The lowest BCUT2D eigenvalue weighted by atomic mass is 10.1. The van der Waals surface area contributed by atoms with Crippen LogP contribution in [0, 0.1) is 0 Å². The largest absolute Gasteiger partial charge is 0.469 e. The zero-order valence-electron chi connectivity index (χ0n) is 10.3. The van der Waals surface area contributed by atoms with Gasteiger partial charge in [0.25, 0.3) is 0 Å². The number of aryl methyl sites for hydroxylation is 1. The number of para-hydroxylation sites is 1. The molecule has 2 heterocycles. The Bertz CT molecular complexity index is 673. The van der Waals surface area contributed by atoms with E-state index >= 15 is 0 Å². The van der Waals surface area contributed by atoms with Crippen LogP contribution >= 0.6 is 11.6 Å². The average Bonchev–Trinajstić information content (AvgIpc) is 3.05. The van der Waals surface area contributed by atoms with Crippen LogP contribution in [0.2, 0.25) is 5.02 Å². The van der Waals surface area contributed by atoms with Crippen molar-refractivity contribution in [2.45, 2.75) is 18.9 Å². The van der Waals surface area contributed by atoms with Crippen molar-refractivity contribution in [1.29, 1.82) is 0 Å². The van der Waals surface area contributed by atoms with Crippen LogP contribution < -0.4 is 5.73 Å². The topological polar surface area (TPSA) is 52.3 Å². The fourth-order valence-corrected chi connectivity index (χ4v) is 2.35. The minimum Gasteiger partial charge on any atom is -0.469 e. The molecule has 3 aromatic rings. The molecule has 1 unspecified atom stereocenters. The Morgan fingerprint density at radius 2 is 2.11 bits per heavy atom. The van der Waals surface area contributed by atoms with E-state index in [0.29, 0.717) is 10.6 Å². The van der Waals surface area contributed by atoms with Crippen LogP contribution in [0.1, 0.15) is 24.0 Å². The van der Waals surface area contributed by atoms with Gasteiger partial charge in [-0.3, -0.25) is 0 Å². The van der Waals surface area contributed by atoms with Crippen molar-refractivity contribution < 1.29 is 8.83 Å². The molecule has 3 nitrogen and oxygen atoms in total. The highest BCUT2D eigenvalue weighted by atomic mass is 35.5. The average molecular weight is 276 g/mol. The zero-order chi connectivity index (χ0) is 13.2. The monoisotopic (exact) mass is 275 g/mol. The van der Waals surface area contributed by atoms with Crippen LogP contribution in [0.3, 0.4) is 0 Å². The highest BCUT2D eigenvalue weighted by Crippen LogP contribution is 2.30. The summed E-state index contributed by atoms with van der Waals surface area (Å²) in [6, 6.07) is 11.3. The molecule has 0 aliphatic heterocycles. The minimum atomic E-state index is -0.159. The summed E-state index contributed by atoms with van der Waals surface area (Å²) in [5.74, 6) is 1.69. The smallest absolute Gasteiger partial charge is 0.152 e. The Morgan fingerprint density at radius 1 is 1.21 bits per heavy atom. The first-order chi connectivity index (χ1) is 9.24. The van der Waals surface area contributed by atoms with Gasteiger partial charge in [-0.25, -0.2) is 0 Å². The van der Waals surface area contributed by atoms with Crippen LogP contribution in [-0.4, -0.2) is 0 Å². The van der Waals surface area contributed by atoms with Gasteiger partial charge in [-0.05, 0) is 30.7 Å². The van der Waals surface area contributed by atoms with Gasteiger partial charge in [0, 0.05) is 11.8 Å². The summed E-state index contributed by atoms with van der Waals surface area (Å²) in [6.45, 7) is 0. The number of hydrogen-bond donors (Lipinski definition) is 1. The molecular formula is C15H14ClNO2. The summed E-state index contributed by atoms with van der Waals surface area (Å²) in [5, 5.41) is 1.60. The van der Waals surface area contributed by atoms with E-state index in [0.717, 1.165) is 29.7 Å². The molecule has 0 saturated heterocycles. The highest BCUT2D eigenvalue weighted by molar-refractivity contribution is 6.34. The summed E-state index contributed by atoms with van der Waals surface area (Å²) in [6.07, 6.45) is 3.23. The van der Waals surface area contributed by atoms with E-state index in [-0.39, 0.29) is 6.04 Å². The molecule has 0 fully saturated rings. The van der Waals surface area contributed by atoms with Gasteiger partial charge in [0.2, 0.25) is 0 Å². The molecule has 1 aromatic carbocycles. The van der Waals surface area contributed by atoms with Gasteiger partial charge in [0.1, 0.15) is 11.5 Å². The third-order valence-corrected chi connectivity index (χ3v) is 3.46. The first-order valence-corrected chi connectivity index (χ1v) is 6.58. The third kappa shape index (κ3) is 2.53. The van der Waals surface area contributed by atoms with Crippen molar-refractivity contribution >= 4 is 22.6 Å². The van der Waals surface area contributed by atoms with E-state index in [1.54, 1.807) is 6.26 Å². The zero-order valence-corrected chi connectivity index (χ0v) is 11.1. The first kappa shape index (κ1) is 12.3. The van der Waals surface area contributed by atoms with Crippen LogP contribution in [0.25, 0.3) is 11.0 Å². The van der Waals surface area contributed by atoms with E-state index in [1.165, 1.54) is 0 Å². The number of furan rings is 2.